The zero-order chi connectivity index (χ0) is 17.5. The molecular formula is C14H17NO9. The molecule has 0 aromatic heterocycles. The smallest absolute Gasteiger partial charge is 0.478 e. The lowest BCUT2D eigenvalue weighted by atomic mass is 9.81. The quantitative estimate of drug-likeness (QED) is 0.543. The number of carbonyl (C=O) groups excluding carboxylic acids is 2. The summed E-state index contributed by atoms with van der Waals surface area (Å²) in [6, 6.07) is 0. The van der Waals surface area contributed by atoms with Crippen molar-refractivity contribution in [3.8, 4) is 0 Å². The molecule has 5 unspecified atom stereocenters. The number of aliphatic carboxylic acids is 1. The predicted octanol–water partition coefficient (Wildman–Crippen LogP) is 0.224. The molecule has 3 rings (SSSR count). The molecule has 0 bridgehead atoms. The average molecular weight is 343 g/mol. The van der Waals surface area contributed by atoms with Crippen LogP contribution in [0, 0.1) is 11.8 Å². The number of amides is 1. The van der Waals surface area contributed by atoms with Crippen LogP contribution in [0.1, 0.15) is 6.42 Å². The minimum atomic E-state index is -1.12. The third-order valence-electron chi connectivity index (χ3n) is 4.59. The van der Waals surface area contributed by atoms with Crippen molar-refractivity contribution in [1.82, 2.24) is 5.32 Å². The van der Waals surface area contributed by atoms with Gasteiger partial charge >= 0.3 is 18.2 Å². The summed E-state index contributed by atoms with van der Waals surface area (Å²) in [6.07, 6.45) is -1.46. The Labute approximate surface area is 136 Å². The fraction of sp³-hybridized carbons (Fsp3) is 0.643. The number of rotatable bonds is 4. The summed E-state index contributed by atoms with van der Waals surface area (Å²) in [5.74, 6) is -2.17. The highest BCUT2D eigenvalue weighted by atomic mass is 16.7. The average Bonchev–Trinajstić information content (AvgIpc) is 3.16. The van der Waals surface area contributed by atoms with Crippen molar-refractivity contribution in [2.45, 2.75) is 24.4 Å². The molecule has 1 saturated heterocycles. The Kier molecular flexibility index (Phi) is 3.99. The molecule has 0 aromatic carbocycles. The van der Waals surface area contributed by atoms with Gasteiger partial charge in [0.25, 0.3) is 6.29 Å². The third kappa shape index (κ3) is 2.52. The van der Waals surface area contributed by atoms with Gasteiger partial charge in [0, 0.05) is 13.0 Å². The van der Waals surface area contributed by atoms with E-state index in [1.807, 2.05) is 0 Å². The molecule has 10 heteroatoms. The number of carboxylic acid groups (broad SMARTS) is 1. The topological polar surface area (TPSA) is 133 Å². The Bertz CT molecular complexity index is 603. The first-order valence-electron chi connectivity index (χ1n) is 7.28. The molecular weight excluding hydrogens is 326 g/mol. The maximum absolute atomic E-state index is 11.5. The van der Waals surface area contributed by atoms with Crippen molar-refractivity contribution in [1.29, 1.82) is 0 Å². The van der Waals surface area contributed by atoms with Crippen molar-refractivity contribution < 1.29 is 43.2 Å². The number of carbonyl (C=O) groups is 3. The molecule has 1 saturated carbocycles. The van der Waals surface area contributed by atoms with Crippen LogP contribution >= 0.6 is 0 Å². The van der Waals surface area contributed by atoms with E-state index in [0.29, 0.717) is 6.42 Å². The molecule has 0 spiro atoms. The number of alkyl carbamates (subject to hydrolysis) is 1. The molecule has 132 valence electrons. The van der Waals surface area contributed by atoms with Crippen molar-refractivity contribution in [2.75, 3.05) is 20.8 Å². The Hall–Kier alpha value is -2.49. The van der Waals surface area contributed by atoms with Gasteiger partial charge in [-0.2, -0.15) is 0 Å². The van der Waals surface area contributed by atoms with Gasteiger partial charge in [-0.3, -0.25) is 0 Å². The van der Waals surface area contributed by atoms with Gasteiger partial charge in [-0.05, 0) is 6.42 Å². The predicted molar refractivity (Wildman–Crippen MR) is 73.7 cm³/mol. The molecule has 2 heterocycles. The van der Waals surface area contributed by atoms with Crippen molar-refractivity contribution in [2.24, 2.45) is 11.8 Å². The van der Waals surface area contributed by atoms with Gasteiger partial charge in [-0.25, -0.2) is 14.4 Å². The Balaban J connectivity index is 1.83. The highest BCUT2D eigenvalue weighted by molar-refractivity contribution is 5.87. The normalized spacial score (nSPS) is 35.5. The fourth-order valence-electron chi connectivity index (χ4n) is 3.47. The second-order valence-corrected chi connectivity index (χ2v) is 5.71. The lowest BCUT2D eigenvalue weighted by Crippen LogP contribution is -2.47. The van der Waals surface area contributed by atoms with Gasteiger partial charge in [-0.1, -0.05) is 0 Å². The van der Waals surface area contributed by atoms with Gasteiger partial charge < -0.3 is 34.1 Å². The Morgan fingerprint density at radius 2 is 2.21 bits per heavy atom. The summed E-state index contributed by atoms with van der Waals surface area (Å²) in [4.78, 5) is 34.2. The van der Waals surface area contributed by atoms with Gasteiger partial charge in [0.1, 0.15) is 12.2 Å². The van der Waals surface area contributed by atoms with Crippen molar-refractivity contribution in [3.05, 3.63) is 11.8 Å². The number of fused-ring (bicyclic) bond motifs is 3. The first kappa shape index (κ1) is 16.4. The van der Waals surface area contributed by atoms with Gasteiger partial charge in [0.05, 0.1) is 31.0 Å². The van der Waals surface area contributed by atoms with Crippen molar-refractivity contribution in [3.63, 3.8) is 0 Å². The summed E-state index contributed by atoms with van der Waals surface area (Å²) < 4.78 is 25.5. The van der Waals surface area contributed by atoms with Crippen LogP contribution in [-0.2, 0) is 28.5 Å². The zero-order valence-electron chi connectivity index (χ0n) is 13.0. The summed E-state index contributed by atoms with van der Waals surface area (Å²) in [6.45, 7) is -0.143. The summed E-state index contributed by atoms with van der Waals surface area (Å²) in [5.41, 5.74) is -0.878. The highest BCUT2D eigenvalue weighted by Gasteiger charge is 2.74. The Morgan fingerprint density at radius 3 is 2.83 bits per heavy atom. The molecule has 10 nitrogen and oxygen atoms in total. The first-order chi connectivity index (χ1) is 11.4. The van der Waals surface area contributed by atoms with Gasteiger partial charge in [0.15, 0.2) is 0 Å². The highest BCUT2D eigenvalue weighted by Crippen LogP contribution is 2.61. The molecule has 1 aliphatic carbocycles. The monoisotopic (exact) mass is 343 g/mol. The van der Waals surface area contributed by atoms with Crippen LogP contribution in [0.2, 0.25) is 0 Å². The molecule has 0 aromatic rings. The van der Waals surface area contributed by atoms with Crippen LogP contribution in [0.25, 0.3) is 0 Å². The number of hydrogen-bond acceptors (Lipinski definition) is 8. The van der Waals surface area contributed by atoms with E-state index < -0.39 is 41.9 Å². The molecule has 24 heavy (non-hydrogen) atoms. The molecule has 2 fully saturated rings. The summed E-state index contributed by atoms with van der Waals surface area (Å²) in [7, 11) is 2.57. The Morgan fingerprint density at radius 1 is 1.46 bits per heavy atom. The van der Waals surface area contributed by atoms with Crippen LogP contribution < -0.4 is 5.32 Å². The van der Waals surface area contributed by atoms with E-state index in [-0.39, 0.29) is 18.3 Å². The van der Waals surface area contributed by atoms with E-state index in [0.717, 1.165) is 6.26 Å². The van der Waals surface area contributed by atoms with E-state index in [1.165, 1.54) is 14.2 Å². The third-order valence-corrected chi connectivity index (χ3v) is 4.59. The second-order valence-electron chi connectivity index (χ2n) is 5.71. The summed E-state index contributed by atoms with van der Waals surface area (Å²) >= 11 is 0. The molecule has 5 atom stereocenters. The van der Waals surface area contributed by atoms with Crippen LogP contribution in [-0.4, -0.2) is 62.1 Å². The van der Waals surface area contributed by atoms with Crippen LogP contribution in [0.15, 0.2) is 11.8 Å². The zero-order valence-corrected chi connectivity index (χ0v) is 13.0. The number of carboxylic acids is 1. The molecule has 0 radical (unpaired) electrons. The number of methoxy groups -OCH3 is 1. The number of nitrogens with one attached hydrogen (secondary N) is 1. The number of ether oxygens (including phenoxy) is 5. The fourth-order valence-corrected chi connectivity index (χ4v) is 3.47. The van der Waals surface area contributed by atoms with Crippen LogP contribution in [0.4, 0.5) is 9.59 Å². The van der Waals surface area contributed by atoms with Crippen LogP contribution in [0.3, 0.4) is 0 Å². The minimum Gasteiger partial charge on any atom is -0.478 e. The largest absolute Gasteiger partial charge is 0.508 e. The maximum atomic E-state index is 11.5. The molecule has 3 aliphatic rings. The first-order valence-corrected chi connectivity index (χ1v) is 7.28. The van der Waals surface area contributed by atoms with Gasteiger partial charge in [-0.15, -0.1) is 0 Å². The number of epoxide rings is 1. The van der Waals surface area contributed by atoms with E-state index in [1.54, 1.807) is 0 Å². The van der Waals surface area contributed by atoms with E-state index in [9.17, 15) is 19.5 Å². The second kappa shape index (κ2) is 5.86. The SMILES string of the molecule is CNC(=O)OC1OC=C(C(=O)O)C2CC3OC3(COC(=O)OC)C12. The molecule has 2 N–H and O–H groups in total. The van der Waals surface area contributed by atoms with E-state index in [4.69, 9.17) is 18.9 Å². The summed E-state index contributed by atoms with van der Waals surface area (Å²) in [5, 5.41) is 11.6. The lowest BCUT2D eigenvalue weighted by Gasteiger charge is -2.36. The van der Waals surface area contributed by atoms with Crippen molar-refractivity contribution >= 4 is 18.2 Å². The maximum Gasteiger partial charge on any atom is 0.508 e. The lowest BCUT2D eigenvalue weighted by molar-refractivity contribution is -0.153. The molecule has 1 amide bonds. The molecule has 2 aliphatic heterocycles. The minimum absolute atomic E-state index is 0.0741. The van der Waals surface area contributed by atoms with E-state index in [2.05, 4.69) is 10.1 Å². The van der Waals surface area contributed by atoms with Crippen LogP contribution in [0.5, 0.6) is 0 Å². The standard InChI is InChI=1S/C14H17NO9/c1-15-12(18)23-11-9-6(7(4-21-11)10(16)17)3-8-14(9,24-8)5-22-13(19)20-2/h4,6,8-9,11H,3,5H2,1-2H3,(H,15,18)(H,16,17). The van der Waals surface area contributed by atoms with Gasteiger partial charge in [0.2, 0.25) is 0 Å². The van der Waals surface area contributed by atoms with E-state index >= 15 is 0 Å². The number of hydrogen-bond donors (Lipinski definition) is 2.